The number of carbonyl (C=O) groups is 1. The summed E-state index contributed by atoms with van der Waals surface area (Å²) in [5, 5.41) is 3.45. The molecule has 0 aliphatic carbocycles. The Morgan fingerprint density at radius 2 is 1.77 bits per heavy atom. The number of fused-ring (bicyclic) bond motifs is 1. The molecular weight excluding hydrogens is 394 g/mol. The maximum atomic E-state index is 12.8. The topological polar surface area (TPSA) is 82.5 Å². The average Bonchev–Trinajstić information content (AvgIpc) is 2.74. The van der Waals surface area contributed by atoms with Crippen LogP contribution in [0.2, 0.25) is 0 Å². The first kappa shape index (κ1) is 22.3. The highest BCUT2D eigenvalue weighted by molar-refractivity contribution is 5.91. The van der Waals surface area contributed by atoms with E-state index in [0.717, 1.165) is 11.3 Å². The van der Waals surface area contributed by atoms with Gasteiger partial charge in [0, 0.05) is 24.7 Å². The van der Waals surface area contributed by atoms with Crippen LogP contribution in [-0.4, -0.2) is 29.7 Å². The summed E-state index contributed by atoms with van der Waals surface area (Å²) in [5.41, 5.74) is 2.20. The van der Waals surface area contributed by atoms with Crippen molar-refractivity contribution in [2.24, 2.45) is 0 Å². The standard InChI is InChI=1S/C24H29N3O4/c1-24(2,3)17-9-6-7-10-18(17)26-22(28)11-8-12-27-15-25-19-14-21(31-5)20(30-4)13-16(19)23(27)29/h6-7,9-10,13-15H,8,11-12H2,1-5H3,(H,26,28). The van der Waals surface area contributed by atoms with E-state index < -0.39 is 0 Å². The molecule has 1 heterocycles. The van der Waals surface area contributed by atoms with Crippen molar-refractivity contribution in [2.45, 2.75) is 45.6 Å². The molecule has 0 aliphatic heterocycles. The lowest BCUT2D eigenvalue weighted by Gasteiger charge is -2.23. The van der Waals surface area contributed by atoms with Gasteiger partial charge in [-0.05, 0) is 29.5 Å². The van der Waals surface area contributed by atoms with Crippen LogP contribution in [0.1, 0.15) is 39.2 Å². The van der Waals surface area contributed by atoms with E-state index in [1.54, 1.807) is 12.1 Å². The van der Waals surface area contributed by atoms with Gasteiger partial charge in [0.05, 0.1) is 31.4 Å². The summed E-state index contributed by atoms with van der Waals surface area (Å²) < 4.78 is 12.1. The monoisotopic (exact) mass is 423 g/mol. The van der Waals surface area contributed by atoms with Crippen molar-refractivity contribution < 1.29 is 14.3 Å². The molecule has 0 aliphatic rings. The van der Waals surface area contributed by atoms with Crippen molar-refractivity contribution in [1.29, 1.82) is 0 Å². The van der Waals surface area contributed by atoms with E-state index in [2.05, 4.69) is 31.1 Å². The lowest BCUT2D eigenvalue weighted by Crippen LogP contribution is -2.22. The Kier molecular flexibility index (Phi) is 6.63. The smallest absolute Gasteiger partial charge is 0.261 e. The molecule has 0 saturated carbocycles. The Morgan fingerprint density at radius 1 is 1.10 bits per heavy atom. The average molecular weight is 424 g/mol. The summed E-state index contributed by atoms with van der Waals surface area (Å²) in [6.45, 7) is 6.73. The summed E-state index contributed by atoms with van der Waals surface area (Å²) >= 11 is 0. The first-order chi connectivity index (χ1) is 14.7. The van der Waals surface area contributed by atoms with Crippen LogP contribution in [0.15, 0.2) is 47.5 Å². The van der Waals surface area contributed by atoms with Crippen LogP contribution in [0.25, 0.3) is 10.9 Å². The van der Waals surface area contributed by atoms with Gasteiger partial charge < -0.3 is 14.8 Å². The predicted molar refractivity (Wildman–Crippen MR) is 122 cm³/mol. The van der Waals surface area contributed by atoms with Gasteiger partial charge in [0.15, 0.2) is 11.5 Å². The minimum Gasteiger partial charge on any atom is -0.493 e. The zero-order chi connectivity index (χ0) is 22.6. The van der Waals surface area contributed by atoms with Gasteiger partial charge in [0.25, 0.3) is 5.56 Å². The molecule has 2 aromatic carbocycles. The normalized spacial score (nSPS) is 11.4. The SMILES string of the molecule is COc1cc2ncn(CCCC(=O)Nc3ccccc3C(C)(C)C)c(=O)c2cc1OC. The predicted octanol–water partition coefficient (Wildman–Crippen LogP) is 4.13. The Balaban J connectivity index is 1.69. The number of amides is 1. The van der Waals surface area contributed by atoms with E-state index in [-0.39, 0.29) is 16.9 Å². The summed E-state index contributed by atoms with van der Waals surface area (Å²) in [7, 11) is 3.06. The summed E-state index contributed by atoms with van der Waals surface area (Å²) in [6, 6.07) is 11.1. The molecule has 3 aromatic rings. The highest BCUT2D eigenvalue weighted by Crippen LogP contribution is 2.30. The van der Waals surface area contributed by atoms with E-state index in [1.807, 2.05) is 24.3 Å². The van der Waals surface area contributed by atoms with E-state index in [4.69, 9.17) is 9.47 Å². The van der Waals surface area contributed by atoms with Gasteiger partial charge in [-0.25, -0.2) is 4.98 Å². The molecular formula is C24H29N3O4. The lowest BCUT2D eigenvalue weighted by atomic mass is 9.86. The van der Waals surface area contributed by atoms with Crippen LogP contribution >= 0.6 is 0 Å². The van der Waals surface area contributed by atoms with Crippen LogP contribution in [0, 0.1) is 0 Å². The number of anilines is 1. The third kappa shape index (κ3) is 5.05. The molecule has 3 rings (SSSR count). The number of aryl methyl sites for hydroxylation is 1. The van der Waals surface area contributed by atoms with Gasteiger partial charge in [-0.15, -0.1) is 0 Å². The van der Waals surface area contributed by atoms with Crippen LogP contribution < -0.4 is 20.3 Å². The van der Waals surface area contributed by atoms with Gasteiger partial charge in [0.2, 0.25) is 5.91 Å². The summed E-state index contributed by atoms with van der Waals surface area (Å²) in [4.78, 5) is 29.7. The molecule has 0 unspecified atom stereocenters. The molecule has 164 valence electrons. The number of nitrogens with zero attached hydrogens (tertiary/aromatic N) is 2. The Labute approximate surface area is 182 Å². The highest BCUT2D eigenvalue weighted by Gasteiger charge is 2.18. The quantitative estimate of drug-likeness (QED) is 0.618. The van der Waals surface area contributed by atoms with Crippen molar-refractivity contribution in [3.63, 3.8) is 0 Å². The molecule has 1 amide bonds. The maximum Gasteiger partial charge on any atom is 0.261 e. The van der Waals surface area contributed by atoms with Crippen molar-refractivity contribution in [1.82, 2.24) is 9.55 Å². The van der Waals surface area contributed by atoms with Crippen molar-refractivity contribution in [3.8, 4) is 11.5 Å². The second-order valence-corrected chi connectivity index (χ2v) is 8.41. The number of rotatable bonds is 7. The second-order valence-electron chi connectivity index (χ2n) is 8.41. The van der Waals surface area contributed by atoms with Crippen molar-refractivity contribution >= 4 is 22.5 Å². The fraction of sp³-hybridized carbons (Fsp3) is 0.375. The molecule has 0 radical (unpaired) electrons. The number of benzene rings is 2. The minimum absolute atomic E-state index is 0.0717. The van der Waals surface area contributed by atoms with Gasteiger partial charge in [-0.2, -0.15) is 0 Å². The molecule has 0 atom stereocenters. The van der Waals surface area contributed by atoms with Crippen molar-refractivity contribution in [3.05, 3.63) is 58.6 Å². The molecule has 0 saturated heterocycles. The van der Waals surface area contributed by atoms with Crippen LogP contribution in [0.5, 0.6) is 11.5 Å². The Morgan fingerprint density at radius 3 is 2.45 bits per heavy atom. The molecule has 1 N–H and O–H groups in total. The second kappa shape index (κ2) is 9.20. The number of methoxy groups -OCH3 is 2. The van der Waals surface area contributed by atoms with Gasteiger partial charge in [0.1, 0.15) is 0 Å². The first-order valence-electron chi connectivity index (χ1n) is 10.2. The van der Waals surface area contributed by atoms with Crippen LogP contribution in [-0.2, 0) is 16.8 Å². The molecule has 31 heavy (non-hydrogen) atoms. The number of hydrogen-bond donors (Lipinski definition) is 1. The number of para-hydroxylation sites is 1. The van der Waals surface area contributed by atoms with Gasteiger partial charge in [-0.3, -0.25) is 14.2 Å². The largest absolute Gasteiger partial charge is 0.493 e. The van der Waals surface area contributed by atoms with E-state index in [1.165, 1.54) is 25.1 Å². The Hall–Kier alpha value is -3.35. The number of aromatic nitrogens is 2. The number of nitrogens with one attached hydrogen (secondary N) is 1. The molecule has 0 bridgehead atoms. The fourth-order valence-electron chi connectivity index (χ4n) is 3.51. The molecule has 1 aromatic heterocycles. The third-order valence-corrected chi connectivity index (χ3v) is 5.14. The highest BCUT2D eigenvalue weighted by atomic mass is 16.5. The number of carbonyl (C=O) groups excluding carboxylic acids is 1. The minimum atomic E-state index is -0.176. The number of hydrogen-bond acceptors (Lipinski definition) is 5. The molecule has 0 spiro atoms. The number of ether oxygens (including phenoxy) is 2. The maximum absolute atomic E-state index is 12.8. The molecule has 0 fully saturated rings. The zero-order valence-electron chi connectivity index (χ0n) is 18.7. The summed E-state index contributed by atoms with van der Waals surface area (Å²) in [5.74, 6) is 0.917. The van der Waals surface area contributed by atoms with E-state index in [9.17, 15) is 9.59 Å². The first-order valence-corrected chi connectivity index (χ1v) is 10.2. The van der Waals surface area contributed by atoms with Crippen molar-refractivity contribution in [2.75, 3.05) is 19.5 Å². The van der Waals surface area contributed by atoms with Gasteiger partial charge in [-0.1, -0.05) is 39.0 Å². The van der Waals surface area contributed by atoms with E-state index in [0.29, 0.717) is 41.8 Å². The summed E-state index contributed by atoms with van der Waals surface area (Å²) in [6.07, 6.45) is 2.32. The Bertz CT molecular complexity index is 1150. The third-order valence-electron chi connectivity index (χ3n) is 5.14. The van der Waals surface area contributed by atoms with Crippen LogP contribution in [0.4, 0.5) is 5.69 Å². The fourth-order valence-corrected chi connectivity index (χ4v) is 3.51. The zero-order valence-corrected chi connectivity index (χ0v) is 18.7. The van der Waals surface area contributed by atoms with Crippen LogP contribution in [0.3, 0.4) is 0 Å². The lowest BCUT2D eigenvalue weighted by molar-refractivity contribution is -0.116. The molecule has 7 heteroatoms. The van der Waals surface area contributed by atoms with E-state index >= 15 is 0 Å². The van der Waals surface area contributed by atoms with Gasteiger partial charge >= 0.3 is 0 Å². The molecule has 7 nitrogen and oxygen atoms in total.